The van der Waals surface area contributed by atoms with Crippen LogP contribution in [-0.2, 0) is 6.42 Å². The molecule has 3 heteroatoms. The first-order chi connectivity index (χ1) is 9.71. The minimum Gasteiger partial charge on any atom is -0.493 e. The molecule has 0 amide bonds. The van der Waals surface area contributed by atoms with Crippen LogP contribution in [0.25, 0.3) is 0 Å². The van der Waals surface area contributed by atoms with E-state index in [1.54, 1.807) is 7.11 Å². The van der Waals surface area contributed by atoms with Crippen molar-refractivity contribution in [2.24, 2.45) is 0 Å². The van der Waals surface area contributed by atoms with Gasteiger partial charge in [0, 0.05) is 6.04 Å². The summed E-state index contributed by atoms with van der Waals surface area (Å²) in [7, 11) is 1.69. The van der Waals surface area contributed by atoms with Crippen LogP contribution in [0, 0.1) is 0 Å². The quantitative estimate of drug-likeness (QED) is 0.661. The van der Waals surface area contributed by atoms with E-state index in [4.69, 9.17) is 9.47 Å². The number of nitrogens with one attached hydrogen (secondary N) is 1. The van der Waals surface area contributed by atoms with E-state index in [2.05, 4.69) is 38.2 Å². The molecule has 1 rings (SSSR count). The molecule has 1 unspecified atom stereocenters. The highest BCUT2D eigenvalue weighted by Gasteiger charge is 2.06. The Morgan fingerprint density at radius 1 is 1.20 bits per heavy atom. The lowest BCUT2D eigenvalue weighted by atomic mass is 10.1. The molecule has 1 N–H and O–H groups in total. The van der Waals surface area contributed by atoms with Crippen LogP contribution in [0.15, 0.2) is 18.2 Å². The van der Waals surface area contributed by atoms with Crippen molar-refractivity contribution in [1.29, 1.82) is 0 Å². The Morgan fingerprint density at radius 3 is 2.65 bits per heavy atom. The summed E-state index contributed by atoms with van der Waals surface area (Å²) >= 11 is 0. The number of hydrogen-bond acceptors (Lipinski definition) is 3. The molecule has 0 aromatic heterocycles. The lowest BCUT2D eigenvalue weighted by Crippen LogP contribution is -2.26. The summed E-state index contributed by atoms with van der Waals surface area (Å²) in [6, 6.07) is 6.73. The molecule has 0 aliphatic rings. The molecule has 0 aliphatic heterocycles. The SMILES string of the molecule is CCCNC(C)CCCOc1ccc(CC)cc1OC. The van der Waals surface area contributed by atoms with Gasteiger partial charge in [-0.1, -0.05) is 19.9 Å². The van der Waals surface area contributed by atoms with Crippen molar-refractivity contribution < 1.29 is 9.47 Å². The van der Waals surface area contributed by atoms with Gasteiger partial charge in [0.05, 0.1) is 13.7 Å². The first-order valence-corrected chi connectivity index (χ1v) is 7.74. The van der Waals surface area contributed by atoms with Gasteiger partial charge in [0.25, 0.3) is 0 Å². The molecule has 0 spiro atoms. The first-order valence-electron chi connectivity index (χ1n) is 7.74. The van der Waals surface area contributed by atoms with Gasteiger partial charge in [-0.25, -0.2) is 0 Å². The van der Waals surface area contributed by atoms with Crippen LogP contribution in [0.4, 0.5) is 0 Å². The van der Waals surface area contributed by atoms with Gasteiger partial charge >= 0.3 is 0 Å². The predicted molar refractivity (Wildman–Crippen MR) is 84.9 cm³/mol. The molecule has 0 saturated carbocycles. The third-order valence-corrected chi connectivity index (χ3v) is 3.42. The summed E-state index contributed by atoms with van der Waals surface area (Å²) < 4.78 is 11.2. The van der Waals surface area contributed by atoms with Crippen molar-refractivity contribution in [2.75, 3.05) is 20.3 Å². The lowest BCUT2D eigenvalue weighted by molar-refractivity contribution is 0.280. The molecule has 0 radical (unpaired) electrons. The summed E-state index contributed by atoms with van der Waals surface area (Å²) in [5.41, 5.74) is 1.27. The number of methoxy groups -OCH3 is 1. The largest absolute Gasteiger partial charge is 0.493 e. The second kappa shape index (κ2) is 9.65. The fourth-order valence-electron chi connectivity index (χ4n) is 2.12. The molecule has 1 atom stereocenters. The normalized spacial score (nSPS) is 12.2. The van der Waals surface area contributed by atoms with E-state index in [0.717, 1.165) is 43.9 Å². The zero-order valence-corrected chi connectivity index (χ0v) is 13.4. The maximum Gasteiger partial charge on any atom is 0.161 e. The summed E-state index contributed by atoms with van der Waals surface area (Å²) in [5, 5.41) is 3.49. The van der Waals surface area contributed by atoms with Gasteiger partial charge in [0.1, 0.15) is 0 Å². The van der Waals surface area contributed by atoms with Gasteiger partial charge in [-0.2, -0.15) is 0 Å². The summed E-state index contributed by atoms with van der Waals surface area (Å²) in [6.45, 7) is 8.38. The van der Waals surface area contributed by atoms with Crippen LogP contribution in [0.1, 0.15) is 45.6 Å². The van der Waals surface area contributed by atoms with Crippen LogP contribution in [0.5, 0.6) is 11.5 Å². The van der Waals surface area contributed by atoms with Crippen LogP contribution >= 0.6 is 0 Å². The number of hydrogen-bond donors (Lipinski definition) is 1. The summed E-state index contributed by atoms with van der Waals surface area (Å²) in [6.07, 6.45) is 4.38. The van der Waals surface area contributed by atoms with Crippen molar-refractivity contribution in [2.45, 2.75) is 52.5 Å². The van der Waals surface area contributed by atoms with E-state index in [9.17, 15) is 0 Å². The Hall–Kier alpha value is -1.22. The maximum atomic E-state index is 5.83. The fraction of sp³-hybridized carbons (Fsp3) is 0.647. The highest BCUT2D eigenvalue weighted by Crippen LogP contribution is 2.28. The van der Waals surface area contributed by atoms with Gasteiger partial charge in [-0.05, 0) is 56.8 Å². The average Bonchev–Trinajstić information content (AvgIpc) is 2.49. The van der Waals surface area contributed by atoms with Crippen LogP contribution in [0.2, 0.25) is 0 Å². The Bertz CT molecular complexity index is 379. The highest BCUT2D eigenvalue weighted by atomic mass is 16.5. The Kier molecular flexibility index (Phi) is 8.12. The van der Waals surface area contributed by atoms with Gasteiger partial charge in [-0.3, -0.25) is 0 Å². The van der Waals surface area contributed by atoms with Crippen LogP contribution < -0.4 is 14.8 Å². The average molecular weight is 279 g/mol. The number of aryl methyl sites for hydroxylation is 1. The third-order valence-electron chi connectivity index (χ3n) is 3.42. The Morgan fingerprint density at radius 2 is 2.00 bits per heavy atom. The highest BCUT2D eigenvalue weighted by molar-refractivity contribution is 5.42. The minimum absolute atomic E-state index is 0.558. The standard InChI is InChI=1S/C17H29NO2/c1-5-11-18-14(3)8-7-12-20-16-10-9-15(6-2)13-17(16)19-4/h9-10,13-14,18H,5-8,11-12H2,1-4H3. The third kappa shape index (κ3) is 5.83. The second-order valence-electron chi connectivity index (χ2n) is 5.18. The number of rotatable bonds is 10. The second-order valence-corrected chi connectivity index (χ2v) is 5.18. The smallest absolute Gasteiger partial charge is 0.161 e. The first kappa shape index (κ1) is 16.8. The van der Waals surface area contributed by atoms with Crippen molar-refractivity contribution in [3.05, 3.63) is 23.8 Å². The zero-order chi connectivity index (χ0) is 14.8. The summed E-state index contributed by atoms with van der Waals surface area (Å²) in [4.78, 5) is 0. The predicted octanol–water partition coefficient (Wildman–Crippen LogP) is 3.80. The molecule has 0 heterocycles. The Labute approximate surface area is 123 Å². The topological polar surface area (TPSA) is 30.5 Å². The van der Waals surface area contributed by atoms with Gasteiger partial charge in [-0.15, -0.1) is 0 Å². The summed E-state index contributed by atoms with van der Waals surface area (Å²) in [5.74, 6) is 1.68. The molecular formula is C17H29NO2. The van der Waals surface area contributed by atoms with E-state index in [-0.39, 0.29) is 0 Å². The molecule has 0 saturated heterocycles. The molecule has 3 nitrogen and oxygen atoms in total. The van der Waals surface area contributed by atoms with Crippen molar-refractivity contribution >= 4 is 0 Å². The van der Waals surface area contributed by atoms with Gasteiger partial charge < -0.3 is 14.8 Å². The molecule has 0 fully saturated rings. The van der Waals surface area contributed by atoms with E-state index in [0.29, 0.717) is 6.04 Å². The lowest BCUT2D eigenvalue weighted by Gasteiger charge is -2.14. The Balaban J connectivity index is 2.34. The minimum atomic E-state index is 0.558. The molecular weight excluding hydrogens is 250 g/mol. The van der Waals surface area contributed by atoms with Crippen molar-refractivity contribution in [1.82, 2.24) is 5.32 Å². The maximum absolute atomic E-state index is 5.83. The molecule has 1 aromatic rings. The molecule has 0 bridgehead atoms. The van der Waals surface area contributed by atoms with E-state index < -0.39 is 0 Å². The molecule has 20 heavy (non-hydrogen) atoms. The van der Waals surface area contributed by atoms with E-state index in [1.165, 1.54) is 12.0 Å². The van der Waals surface area contributed by atoms with Gasteiger partial charge in [0.2, 0.25) is 0 Å². The monoisotopic (exact) mass is 279 g/mol. The molecule has 0 aliphatic carbocycles. The van der Waals surface area contributed by atoms with E-state index >= 15 is 0 Å². The van der Waals surface area contributed by atoms with Crippen molar-refractivity contribution in [3.63, 3.8) is 0 Å². The van der Waals surface area contributed by atoms with Crippen molar-refractivity contribution in [3.8, 4) is 11.5 Å². The molecule has 1 aromatic carbocycles. The number of ether oxygens (including phenoxy) is 2. The zero-order valence-electron chi connectivity index (χ0n) is 13.4. The van der Waals surface area contributed by atoms with Crippen LogP contribution in [0.3, 0.4) is 0 Å². The fourth-order valence-corrected chi connectivity index (χ4v) is 2.12. The number of benzene rings is 1. The van der Waals surface area contributed by atoms with E-state index in [1.807, 2.05) is 6.07 Å². The van der Waals surface area contributed by atoms with Crippen LogP contribution in [-0.4, -0.2) is 26.3 Å². The van der Waals surface area contributed by atoms with Gasteiger partial charge in [0.15, 0.2) is 11.5 Å². The molecule has 114 valence electrons.